The van der Waals surface area contributed by atoms with Crippen LogP contribution in [0, 0.1) is 0 Å². The summed E-state index contributed by atoms with van der Waals surface area (Å²) in [5.41, 5.74) is 0.587. The first-order valence-electron chi connectivity index (χ1n) is 10.7. The fraction of sp³-hybridized carbons (Fsp3) is 0.524. The van der Waals surface area contributed by atoms with Crippen LogP contribution in [0.5, 0.6) is 0 Å². The number of nitrogens with zero attached hydrogens (tertiary/aromatic N) is 4. The molecule has 0 spiro atoms. The molecule has 2 aliphatic heterocycles. The van der Waals surface area contributed by atoms with Gasteiger partial charge in [-0.1, -0.05) is 17.3 Å². The average Bonchev–Trinajstić information content (AvgIpc) is 3.47. The van der Waals surface area contributed by atoms with Gasteiger partial charge in [0, 0.05) is 36.8 Å². The lowest BCUT2D eigenvalue weighted by Gasteiger charge is -2.39. The highest BCUT2D eigenvalue weighted by molar-refractivity contribution is 5.94. The van der Waals surface area contributed by atoms with Crippen molar-refractivity contribution in [1.82, 2.24) is 25.3 Å². The number of aromatic nitrogens is 2. The van der Waals surface area contributed by atoms with Gasteiger partial charge in [0.05, 0.1) is 19.3 Å². The van der Waals surface area contributed by atoms with Crippen LogP contribution in [0.3, 0.4) is 0 Å². The largest absolute Gasteiger partial charge is 0.471 e. The maximum atomic E-state index is 13.0. The first-order valence-corrected chi connectivity index (χ1v) is 10.7. The van der Waals surface area contributed by atoms with Crippen molar-refractivity contribution in [2.75, 3.05) is 32.8 Å². The van der Waals surface area contributed by atoms with E-state index in [9.17, 15) is 22.8 Å². The lowest BCUT2D eigenvalue weighted by molar-refractivity contribution is -0.159. The van der Waals surface area contributed by atoms with Gasteiger partial charge in [0.1, 0.15) is 0 Å². The number of urea groups is 1. The maximum Gasteiger partial charge on any atom is 0.471 e. The fourth-order valence-electron chi connectivity index (χ4n) is 4.00. The number of alkyl halides is 3. The zero-order chi connectivity index (χ0) is 23.6. The summed E-state index contributed by atoms with van der Waals surface area (Å²) in [5, 5.41) is 6.13. The third-order valence-corrected chi connectivity index (χ3v) is 5.84. The number of benzene rings is 1. The summed E-state index contributed by atoms with van der Waals surface area (Å²) in [6, 6.07) is 5.66. The van der Waals surface area contributed by atoms with Crippen molar-refractivity contribution in [2.24, 2.45) is 0 Å². The molecule has 9 nitrogen and oxygen atoms in total. The van der Waals surface area contributed by atoms with E-state index >= 15 is 0 Å². The second-order valence-electron chi connectivity index (χ2n) is 8.10. The van der Waals surface area contributed by atoms with Gasteiger partial charge in [0.15, 0.2) is 0 Å². The van der Waals surface area contributed by atoms with Gasteiger partial charge in [-0.25, -0.2) is 4.79 Å². The summed E-state index contributed by atoms with van der Waals surface area (Å²) in [6.45, 7) is 4.21. The van der Waals surface area contributed by atoms with Crippen LogP contribution in [0.4, 0.5) is 18.0 Å². The van der Waals surface area contributed by atoms with Crippen molar-refractivity contribution in [3.8, 4) is 11.4 Å². The smallest absolute Gasteiger partial charge is 0.377 e. The normalized spacial score (nSPS) is 21.3. The number of ether oxygens (including phenoxy) is 1. The molecular formula is C21H24F3N5O4. The Morgan fingerprint density at radius 1 is 1.18 bits per heavy atom. The summed E-state index contributed by atoms with van der Waals surface area (Å²) >= 11 is 0. The highest BCUT2D eigenvalue weighted by atomic mass is 19.4. The molecule has 33 heavy (non-hydrogen) atoms. The highest BCUT2D eigenvalue weighted by Crippen LogP contribution is 2.29. The molecule has 1 aromatic heterocycles. The number of hydrogen-bond acceptors (Lipinski definition) is 6. The quantitative estimate of drug-likeness (QED) is 0.742. The molecule has 2 atom stereocenters. The number of amides is 3. The summed E-state index contributed by atoms with van der Waals surface area (Å²) in [4.78, 5) is 32.5. The Morgan fingerprint density at radius 2 is 1.94 bits per heavy atom. The van der Waals surface area contributed by atoms with E-state index < -0.39 is 12.1 Å². The van der Waals surface area contributed by atoms with Crippen LogP contribution in [0.25, 0.3) is 11.4 Å². The number of carbonyl (C=O) groups excluding carboxylic acids is 2. The SMILES string of the molecule is CC1CCCN1C(=O)N1CCOCC1CNC(=O)c1ccc(-c2noc(C(F)(F)F)n2)cc1. The molecule has 2 unspecified atom stereocenters. The Balaban J connectivity index is 1.36. The van der Waals surface area contributed by atoms with Crippen molar-refractivity contribution in [1.29, 1.82) is 0 Å². The predicted molar refractivity (Wildman–Crippen MR) is 109 cm³/mol. The Kier molecular flexibility index (Phi) is 6.54. The Labute approximate surface area is 187 Å². The van der Waals surface area contributed by atoms with Crippen LogP contribution in [0.1, 0.15) is 36.0 Å². The van der Waals surface area contributed by atoms with Gasteiger partial charge in [0.2, 0.25) is 5.82 Å². The van der Waals surface area contributed by atoms with E-state index in [0.717, 1.165) is 19.4 Å². The highest BCUT2D eigenvalue weighted by Gasteiger charge is 2.38. The van der Waals surface area contributed by atoms with Crippen molar-refractivity contribution < 1.29 is 32.0 Å². The second-order valence-corrected chi connectivity index (χ2v) is 8.10. The molecule has 2 aliphatic rings. The predicted octanol–water partition coefficient (Wildman–Crippen LogP) is 2.79. The van der Waals surface area contributed by atoms with Crippen LogP contribution in [-0.4, -0.2) is 76.8 Å². The number of likely N-dealkylation sites (tertiary alicyclic amines) is 1. The van der Waals surface area contributed by atoms with E-state index in [1.165, 1.54) is 24.3 Å². The van der Waals surface area contributed by atoms with Crippen LogP contribution in [0.15, 0.2) is 28.8 Å². The van der Waals surface area contributed by atoms with Gasteiger partial charge in [0.25, 0.3) is 5.91 Å². The molecule has 0 bridgehead atoms. The van der Waals surface area contributed by atoms with Crippen molar-refractivity contribution in [2.45, 2.75) is 38.0 Å². The number of hydrogen-bond donors (Lipinski definition) is 1. The van der Waals surface area contributed by atoms with Crippen LogP contribution >= 0.6 is 0 Å². The van der Waals surface area contributed by atoms with E-state index in [4.69, 9.17) is 4.74 Å². The van der Waals surface area contributed by atoms with Crippen LogP contribution < -0.4 is 5.32 Å². The average molecular weight is 467 g/mol. The molecule has 1 aromatic carbocycles. The van der Waals surface area contributed by atoms with Gasteiger partial charge in [-0.05, 0) is 31.9 Å². The topological polar surface area (TPSA) is 101 Å². The first-order chi connectivity index (χ1) is 15.7. The van der Waals surface area contributed by atoms with E-state index in [2.05, 4.69) is 20.0 Å². The van der Waals surface area contributed by atoms with Crippen LogP contribution in [0.2, 0.25) is 0 Å². The van der Waals surface area contributed by atoms with Crippen molar-refractivity contribution >= 4 is 11.9 Å². The Hall–Kier alpha value is -3.15. The monoisotopic (exact) mass is 467 g/mol. The zero-order valence-electron chi connectivity index (χ0n) is 18.0. The van der Waals surface area contributed by atoms with Crippen molar-refractivity contribution in [3.63, 3.8) is 0 Å². The van der Waals surface area contributed by atoms with E-state index in [0.29, 0.717) is 25.3 Å². The lowest BCUT2D eigenvalue weighted by Crippen LogP contribution is -2.57. The van der Waals surface area contributed by atoms with Gasteiger partial charge < -0.3 is 24.4 Å². The third kappa shape index (κ3) is 5.10. The minimum atomic E-state index is -4.73. The molecule has 2 fully saturated rings. The molecule has 2 saturated heterocycles. The summed E-state index contributed by atoms with van der Waals surface area (Å²) in [5.74, 6) is -2.03. The zero-order valence-corrected chi connectivity index (χ0v) is 18.0. The number of morpholine rings is 1. The second kappa shape index (κ2) is 9.38. The van der Waals surface area contributed by atoms with E-state index in [-0.39, 0.29) is 42.0 Å². The standard InChI is InChI=1S/C21H24F3N5O4/c1-13-3-2-8-28(13)20(31)29-9-10-32-12-16(29)11-25-18(30)15-6-4-14(5-7-15)17-26-19(33-27-17)21(22,23)24/h4-7,13,16H,2-3,8-12H2,1H3,(H,25,30). The molecule has 0 aliphatic carbocycles. The van der Waals surface area contributed by atoms with E-state index in [1.807, 2.05) is 11.8 Å². The molecule has 178 valence electrons. The van der Waals surface area contributed by atoms with Gasteiger partial charge in [-0.15, -0.1) is 0 Å². The number of halogens is 3. The molecule has 3 heterocycles. The molecule has 0 saturated carbocycles. The third-order valence-electron chi connectivity index (χ3n) is 5.84. The molecular weight excluding hydrogens is 443 g/mol. The minimum Gasteiger partial charge on any atom is -0.377 e. The molecule has 12 heteroatoms. The van der Waals surface area contributed by atoms with Crippen molar-refractivity contribution in [3.05, 3.63) is 35.7 Å². The molecule has 2 aromatic rings. The number of carbonyl (C=O) groups is 2. The number of nitrogens with one attached hydrogen (secondary N) is 1. The first kappa shape index (κ1) is 23.0. The maximum absolute atomic E-state index is 13.0. The lowest BCUT2D eigenvalue weighted by atomic mass is 10.1. The summed E-state index contributed by atoms with van der Waals surface area (Å²) in [7, 11) is 0. The summed E-state index contributed by atoms with van der Waals surface area (Å²) in [6.07, 6.45) is -2.76. The van der Waals surface area contributed by atoms with Crippen LogP contribution in [-0.2, 0) is 10.9 Å². The number of rotatable bonds is 4. The fourth-order valence-corrected chi connectivity index (χ4v) is 4.00. The Bertz CT molecular complexity index is 995. The minimum absolute atomic E-state index is 0.0368. The Morgan fingerprint density at radius 3 is 2.58 bits per heavy atom. The van der Waals surface area contributed by atoms with E-state index in [1.54, 1.807) is 4.90 Å². The molecule has 4 rings (SSSR count). The van der Waals surface area contributed by atoms with Gasteiger partial charge >= 0.3 is 18.1 Å². The molecule has 3 amide bonds. The van der Waals surface area contributed by atoms with Gasteiger partial charge in [-0.3, -0.25) is 4.79 Å². The molecule has 0 radical (unpaired) electrons. The van der Waals surface area contributed by atoms with Gasteiger partial charge in [-0.2, -0.15) is 18.2 Å². The molecule has 1 N–H and O–H groups in total. The summed E-state index contributed by atoms with van der Waals surface area (Å²) < 4.78 is 47.6.